The lowest BCUT2D eigenvalue weighted by Crippen LogP contribution is -2.35. The monoisotopic (exact) mass is 250 g/mol. The summed E-state index contributed by atoms with van der Waals surface area (Å²) in [5.74, 6) is -0.849. The van der Waals surface area contributed by atoms with Crippen LogP contribution in [0.5, 0.6) is 0 Å². The van der Waals surface area contributed by atoms with E-state index in [1.54, 1.807) is 18.3 Å². The SMILES string of the molecule is CC(NC(C)c1nc2ccccc2s1)C(=O)O. The minimum atomic E-state index is -0.849. The number of hydrogen-bond donors (Lipinski definition) is 2. The highest BCUT2D eigenvalue weighted by Crippen LogP contribution is 2.26. The van der Waals surface area contributed by atoms with Gasteiger partial charge in [-0.15, -0.1) is 11.3 Å². The van der Waals surface area contributed by atoms with Gasteiger partial charge >= 0.3 is 5.97 Å². The van der Waals surface area contributed by atoms with Gasteiger partial charge in [0.2, 0.25) is 0 Å². The van der Waals surface area contributed by atoms with Gasteiger partial charge in [-0.05, 0) is 26.0 Å². The summed E-state index contributed by atoms with van der Waals surface area (Å²) in [6, 6.07) is 7.27. The van der Waals surface area contributed by atoms with Gasteiger partial charge in [0, 0.05) is 0 Å². The Morgan fingerprint density at radius 1 is 1.41 bits per heavy atom. The normalized spacial score (nSPS) is 14.7. The Balaban J connectivity index is 2.19. The van der Waals surface area contributed by atoms with Crippen molar-refractivity contribution in [3.05, 3.63) is 29.3 Å². The van der Waals surface area contributed by atoms with E-state index < -0.39 is 12.0 Å². The molecule has 0 spiro atoms. The lowest BCUT2D eigenvalue weighted by atomic mass is 10.2. The summed E-state index contributed by atoms with van der Waals surface area (Å²) in [5, 5.41) is 12.8. The molecule has 4 nitrogen and oxygen atoms in total. The smallest absolute Gasteiger partial charge is 0.320 e. The van der Waals surface area contributed by atoms with Gasteiger partial charge in [0.1, 0.15) is 11.0 Å². The van der Waals surface area contributed by atoms with Crippen LogP contribution in [0.2, 0.25) is 0 Å². The van der Waals surface area contributed by atoms with Crippen molar-refractivity contribution < 1.29 is 9.90 Å². The Labute approximate surface area is 103 Å². The number of benzene rings is 1. The fourth-order valence-electron chi connectivity index (χ4n) is 1.59. The average molecular weight is 250 g/mol. The van der Waals surface area contributed by atoms with E-state index in [0.717, 1.165) is 15.2 Å². The molecule has 0 fully saturated rings. The van der Waals surface area contributed by atoms with E-state index in [1.165, 1.54) is 0 Å². The Morgan fingerprint density at radius 3 is 2.76 bits per heavy atom. The first-order chi connectivity index (χ1) is 8.08. The molecule has 2 aromatic rings. The first kappa shape index (κ1) is 12.0. The fourth-order valence-corrected chi connectivity index (χ4v) is 2.57. The topological polar surface area (TPSA) is 62.2 Å². The van der Waals surface area contributed by atoms with Crippen LogP contribution in [0.15, 0.2) is 24.3 Å². The molecule has 1 aromatic carbocycles. The van der Waals surface area contributed by atoms with Crippen molar-refractivity contribution in [3.63, 3.8) is 0 Å². The van der Waals surface area contributed by atoms with Crippen molar-refractivity contribution in [1.29, 1.82) is 0 Å². The Bertz CT molecular complexity index is 505. The number of para-hydroxylation sites is 1. The molecule has 2 N–H and O–H groups in total. The maximum Gasteiger partial charge on any atom is 0.320 e. The number of aliphatic carboxylic acids is 1. The largest absolute Gasteiger partial charge is 0.480 e. The molecule has 0 aliphatic heterocycles. The Kier molecular flexibility index (Phi) is 3.40. The molecule has 0 amide bonds. The lowest BCUT2D eigenvalue weighted by Gasteiger charge is -2.14. The molecule has 0 saturated carbocycles. The second kappa shape index (κ2) is 4.81. The highest BCUT2D eigenvalue weighted by atomic mass is 32.1. The third-order valence-electron chi connectivity index (χ3n) is 2.55. The van der Waals surface area contributed by atoms with Gasteiger partial charge in [0.25, 0.3) is 0 Å². The molecule has 90 valence electrons. The number of rotatable bonds is 4. The minimum absolute atomic E-state index is 0.0569. The number of fused-ring (bicyclic) bond motifs is 1. The van der Waals surface area contributed by atoms with Crippen molar-refractivity contribution in [1.82, 2.24) is 10.3 Å². The Hall–Kier alpha value is -1.46. The number of aromatic nitrogens is 1. The predicted octanol–water partition coefficient (Wildman–Crippen LogP) is 2.42. The molecule has 2 rings (SSSR count). The molecular weight excluding hydrogens is 236 g/mol. The zero-order valence-corrected chi connectivity index (χ0v) is 10.5. The van der Waals surface area contributed by atoms with Gasteiger partial charge in [-0.3, -0.25) is 10.1 Å². The second-order valence-electron chi connectivity index (χ2n) is 3.97. The van der Waals surface area contributed by atoms with Gasteiger partial charge in [-0.2, -0.15) is 0 Å². The standard InChI is InChI=1S/C12H14N2O2S/c1-7(13-8(2)12(15)16)11-14-9-5-3-4-6-10(9)17-11/h3-8,13H,1-2H3,(H,15,16). The van der Waals surface area contributed by atoms with E-state index in [-0.39, 0.29) is 6.04 Å². The molecule has 2 unspecified atom stereocenters. The van der Waals surface area contributed by atoms with Crippen molar-refractivity contribution in [2.45, 2.75) is 25.9 Å². The van der Waals surface area contributed by atoms with Crippen LogP contribution < -0.4 is 5.32 Å². The molecule has 0 radical (unpaired) electrons. The first-order valence-electron chi connectivity index (χ1n) is 5.42. The van der Waals surface area contributed by atoms with Crippen LogP contribution >= 0.6 is 11.3 Å². The van der Waals surface area contributed by atoms with Crippen LogP contribution in [0.3, 0.4) is 0 Å². The second-order valence-corrected chi connectivity index (χ2v) is 5.03. The van der Waals surface area contributed by atoms with Gasteiger partial charge in [0.15, 0.2) is 0 Å². The molecular formula is C12H14N2O2S. The number of carboxylic acid groups (broad SMARTS) is 1. The molecule has 0 aliphatic carbocycles. The number of carbonyl (C=O) groups is 1. The van der Waals surface area contributed by atoms with E-state index in [9.17, 15) is 4.79 Å². The maximum atomic E-state index is 10.8. The van der Waals surface area contributed by atoms with Crippen LogP contribution in [0, 0.1) is 0 Å². The summed E-state index contributed by atoms with van der Waals surface area (Å²) >= 11 is 1.59. The Morgan fingerprint density at radius 2 is 2.12 bits per heavy atom. The minimum Gasteiger partial charge on any atom is -0.480 e. The van der Waals surface area contributed by atoms with Crippen LogP contribution in [-0.2, 0) is 4.79 Å². The molecule has 1 heterocycles. The van der Waals surface area contributed by atoms with Crippen LogP contribution in [0.4, 0.5) is 0 Å². The van der Waals surface area contributed by atoms with E-state index in [2.05, 4.69) is 10.3 Å². The summed E-state index contributed by atoms with van der Waals surface area (Å²) in [6.07, 6.45) is 0. The summed E-state index contributed by atoms with van der Waals surface area (Å²) < 4.78 is 1.12. The van der Waals surface area contributed by atoms with Gasteiger partial charge in [0.05, 0.1) is 16.3 Å². The number of carboxylic acids is 1. The van der Waals surface area contributed by atoms with Crippen molar-refractivity contribution in [2.75, 3.05) is 0 Å². The molecule has 0 saturated heterocycles. The molecule has 1 aromatic heterocycles. The predicted molar refractivity (Wildman–Crippen MR) is 68.3 cm³/mol. The highest BCUT2D eigenvalue weighted by Gasteiger charge is 2.17. The zero-order valence-electron chi connectivity index (χ0n) is 9.68. The number of nitrogens with one attached hydrogen (secondary N) is 1. The summed E-state index contributed by atoms with van der Waals surface area (Å²) in [7, 11) is 0. The molecule has 0 bridgehead atoms. The maximum absolute atomic E-state index is 10.8. The third-order valence-corrected chi connectivity index (χ3v) is 3.77. The lowest BCUT2D eigenvalue weighted by molar-refractivity contribution is -0.139. The van der Waals surface area contributed by atoms with E-state index in [4.69, 9.17) is 5.11 Å². The quantitative estimate of drug-likeness (QED) is 0.874. The van der Waals surface area contributed by atoms with E-state index >= 15 is 0 Å². The van der Waals surface area contributed by atoms with E-state index in [0.29, 0.717) is 0 Å². The van der Waals surface area contributed by atoms with Crippen molar-refractivity contribution >= 4 is 27.5 Å². The highest BCUT2D eigenvalue weighted by molar-refractivity contribution is 7.18. The average Bonchev–Trinajstić information content (AvgIpc) is 2.72. The van der Waals surface area contributed by atoms with Gasteiger partial charge < -0.3 is 5.11 Å². The van der Waals surface area contributed by atoms with Crippen LogP contribution in [-0.4, -0.2) is 22.1 Å². The molecule has 5 heteroatoms. The number of thiazole rings is 1. The van der Waals surface area contributed by atoms with Crippen LogP contribution in [0.25, 0.3) is 10.2 Å². The molecule has 17 heavy (non-hydrogen) atoms. The summed E-state index contributed by atoms with van der Waals surface area (Å²) in [5.41, 5.74) is 0.962. The van der Waals surface area contributed by atoms with Gasteiger partial charge in [-0.25, -0.2) is 4.98 Å². The summed E-state index contributed by atoms with van der Waals surface area (Å²) in [6.45, 7) is 3.56. The van der Waals surface area contributed by atoms with Crippen molar-refractivity contribution in [3.8, 4) is 0 Å². The van der Waals surface area contributed by atoms with Gasteiger partial charge in [-0.1, -0.05) is 12.1 Å². The number of hydrogen-bond acceptors (Lipinski definition) is 4. The molecule has 2 atom stereocenters. The fraction of sp³-hybridized carbons (Fsp3) is 0.333. The first-order valence-corrected chi connectivity index (χ1v) is 6.24. The zero-order chi connectivity index (χ0) is 12.4. The van der Waals surface area contributed by atoms with E-state index in [1.807, 2.05) is 31.2 Å². The number of nitrogens with zero attached hydrogens (tertiary/aromatic N) is 1. The third kappa shape index (κ3) is 2.62. The van der Waals surface area contributed by atoms with Crippen LogP contribution in [0.1, 0.15) is 24.9 Å². The van der Waals surface area contributed by atoms with Crippen molar-refractivity contribution in [2.24, 2.45) is 0 Å². The molecule has 0 aliphatic rings. The summed E-state index contributed by atoms with van der Waals surface area (Å²) in [4.78, 5) is 15.2.